The van der Waals surface area contributed by atoms with Crippen molar-refractivity contribution in [3.8, 4) is 5.75 Å². The summed E-state index contributed by atoms with van der Waals surface area (Å²) >= 11 is 0. The van der Waals surface area contributed by atoms with Gasteiger partial charge in [-0.25, -0.2) is 0 Å². The van der Waals surface area contributed by atoms with Gasteiger partial charge in [-0.1, -0.05) is 5.16 Å². The first-order valence-corrected chi connectivity index (χ1v) is 6.81. The van der Waals surface area contributed by atoms with Crippen LogP contribution in [0.3, 0.4) is 0 Å². The summed E-state index contributed by atoms with van der Waals surface area (Å²) in [6.07, 6.45) is -0.532. The summed E-state index contributed by atoms with van der Waals surface area (Å²) in [6.45, 7) is 5.05. The first-order chi connectivity index (χ1) is 10.5. The van der Waals surface area contributed by atoms with E-state index in [1.54, 1.807) is 39.0 Å². The van der Waals surface area contributed by atoms with E-state index < -0.39 is 6.10 Å². The molecule has 1 aliphatic rings. The molecule has 0 spiro atoms. The number of carbonyl (C=O) groups is 2. The Hall–Kier alpha value is -2.83. The van der Waals surface area contributed by atoms with E-state index >= 15 is 0 Å². The Labute approximate surface area is 126 Å². The molecule has 0 saturated carbocycles. The summed E-state index contributed by atoms with van der Waals surface area (Å²) in [5, 5.41) is 9.25. The van der Waals surface area contributed by atoms with Crippen molar-refractivity contribution in [3.63, 3.8) is 0 Å². The van der Waals surface area contributed by atoms with Crippen LogP contribution in [0.15, 0.2) is 22.7 Å². The molecule has 2 amide bonds. The van der Waals surface area contributed by atoms with Crippen LogP contribution in [-0.2, 0) is 4.79 Å². The molecule has 1 aromatic carbocycles. The number of anilines is 2. The van der Waals surface area contributed by atoms with Gasteiger partial charge in [-0.2, -0.15) is 0 Å². The van der Waals surface area contributed by atoms with Crippen LogP contribution < -0.4 is 15.4 Å². The lowest BCUT2D eigenvalue weighted by Gasteiger charge is -2.23. The van der Waals surface area contributed by atoms with Crippen molar-refractivity contribution in [2.75, 3.05) is 10.6 Å². The molecule has 0 unspecified atom stereocenters. The first kappa shape index (κ1) is 14.1. The summed E-state index contributed by atoms with van der Waals surface area (Å²) in [7, 11) is 0. The maximum absolute atomic E-state index is 12.3. The third-order valence-corrected chi connectivity index (χ3v) is 3.43. The molecule has 2 heterocycles. The molecule has 1 atom stereocenters. The zero-order valence-electron chi connectivity index (χ0n) is 12.4. The molecule has 0 radical (unpaired) electrons. The van der Waals surface area contributed by atoms with Crippen molar-refractivity contribution in [1.29, 1.82) is 0 Å². The minimum Gasteiger partial charge on any atom is -0.479 e. The van der Waals surface area contributed by atoms with E-state index in [0.717, 1.165) is 0 Å². The number of nitrogens with one attached hydrogen (secondary N) is 2. The molecule has 1 aromatic heterocycles. The zero-order valence-corrected chi connectivity index (χ0v) is 12.4. The predicted molar refractivity (Wildman–Crippen MR) is 79.1 cm³/mol. The molecular weight excluding hydrogens is 286 g/mol. The summed E-state index contributed by atoms with van der Waals surface area (Å²) in [4.78, 5) is 23.9. The maximum Gasteiger partial charge on any atom is 0.265 e. The number of benzene rings is 1. The van der Waals surface area contributed by atoms with E-state index in [9.17, 15) is 9.59 Å². The average molecular weight is 301 g/mol. The average Bonchev–Trinajstić information content (AvgIpc) is 2.80. The fourth-order valence-corrected chi connectivity index (χ4v) is 2.29. The number of carbonyl (C=O) groups excluding carboxylic acids is 2. The second-order valence-corrected chi connectivity index (χ2v) is 5.11. The van der Waals surface area contributed by atoms with E-state index in [2.05, 4.69) is 15.8 Å². The monoisotopic (exact) mass is 301 g/mol. The lowest BCUT2D eigenvalue weighted by atomic mass is 10.1. The third kappa shape index (κ3) is 2.41. The molecule has 114 valence electrons. The van der Waals surface area contributed by atoms with Crippen molar-refractivity contribution in [1.82, 2.24) is 5.16 Å². The number of aryl methyl sites for hydroxylation is 2. The lowest BCUT2D eigenvalue weighted by Crippen LogP contribution is -2.34. The molecule has 7 heteroatoms. The van der Waals surface area contributed by atoms with Gasteiger partial charge in [-0.3, -0.25) is 9.59 Å². The number of fused-ring (bicyclic) bond motifs is 1. The predicted octanol–water partition coefficient (Wildman–Crippen LogP) is 2.26. The number of ether oxygens (including phenoxy) is 1. The molecule has 22 heavy (non-hydrogen) atoms. The van der Waals surface area contributed by atoms with Crippen LogP contribution in [0.25, 0.3) is 0 Å². The number of aromatic nitrogens is 1. The Kier molecular flexibility index (Phi) is 3.32. The standard InChI is InChI=1S/C15H15N3O4/c1-7-13(8(2)22-18-7)15(20)16-10-4-5-12-11(6-10)17-14(19)9(3)21-12/h4-6,9H,1-3H3,(H,16,20)(H,17,19)/t9-/m1/s1. The molecule has 2 aromatic rings. The van der Waals surface area contributed by atoms with Crippen LogP contribution in [0.1, 0.15) is 28.7 Å². The van der Waals surface area contributed by atoms with Crippen LogP contribution >= 0.6 is 0 Å². The second-order valence-electron chi connectivity index (χ2n) is 5.11. The number of nitrogens with zero attached hydrogens (tertiary/aromatic N) is 1. The van der Waals surface area contributed by atoms with Crippen molar-refractivity contribution >= 4 is 23.2 Å². The molecule has 7 nitrogen and oxygen atoms in total. The van der Waals surface area contributed by atoms with Gasteiger partial charge in [0.05, 0.1) is 11.4 Å². The number of hydrogen-bond donors (Lipinski definition) is 2. The van der Waals surface area contributed by atoms with Crippen LogP contribution in [0.5, 0.6) is 5.75 Å². The number of amides is 2. The van der Waals surface area contributed by atoms with Gasteiger partial charge in [0.1, 0.15) is 17.1 Å². The molecule has 2 N–H and O–H groups in total. The van der Waals surface area contributed by atoms with Crippen LogP contribution in [0, 0.1) is 13.8 Å². The summed E-state index contributed by atoms with van der Waals surface area (Å²) < 4.78 is 10.4. The van der Waals surface area contributed by atoms with Gasteiger partial charge in [-0.05, 0) is 39.0 Å². The Morgan fingerprint density at radius 1 is 1.36 bits per heavy atom. The van der Waals surface area contributed by atoms with E-state index in [1.807, 2.05) is 0 Å². The molecule has 0 saturated heterocycles. The molecule has 1 aliphatic heterocycles. The van der Waals surface area contributed by atoms with Gasteiger partial charge in [0.15, 0.2) is 6.10 Å². The van der Waals surface area contributed by atoms with Crippen molar-refractivity contribution in [2.24, 2.45) is 0 Å². The molecule has 0 bridgehead atoms. The third-order valence-electron chi connectivity index (χ3n) is 3.43. The van der Waals surface area contributed by atoms with Gasteiger partial charge >= 0.3 is 0 Å². The smallest absolute Gasteiger partial charge is 0.265 e. The normalized spacial score (nSPS) is 16.5. The van der Waals surface area contributed by atoms with Gasteiger partial charge in [0.25, 0.3) is 11.8 Å². The van der Waals surface area contributed by atoms with E-state index in [0.29, 0.717) is 34.1 Å². The van der Waals surface area contributed by atoms with Gasteiger partial charge in [0.2, 0.25) is 0 Å². The van der Waals surface area contributed by atoms with E-state index in [1.165, 1.54) is 0 Å². The molecule has 3 rings (SSSR count). The van der Waals surface area contributed by atoms with Crippen LogP contribution in [0.2, 0.25) is 0 Å². The Morgan fingerprint density at radius 2 is 2.14 bits per heavy atom. The lowest BCUT2D eigenvalue weighted by molar-refractivity contribution is -0.122. The maximum atomic E-state index is 12.3. The van der Waals surface area contributed by atoms with Crippen molar-refractivity contribution < 1.29 is 18.8 Å². The second kappa shape index (κ2) is 5.18. The summed E-state index contributed by atoms with van der Waals surface area (Å²) in [5.41, 5.74) is 2.01. The molecule has 0 aliphatic carbocycles. The Bertz CT molecular complexity index is 747. The quantitative estimate of drug-likeness (QED) is 0.887. The van der Waals surface area contributed by atoms with Gasteiger partial charge < -0.3 is 19.9 Å². The minimum atomic E-state index is -0.532. The molecule has 0 fully saturated rings. The topological polar surface area (TPSA) is 93.5 Å². The fraction of sp³-hybridized carbons (Fsp3) is 0.267. The zero-order chi connectivity index (χ0) is 15.9. The van der Waals surface area contributed by atoms with Crippen molar-refractivity contribution in [3.05, 3.63) is 35.2 Å². The highest BCUT2D eigenvalue weighted by atomic mass is 16.5. The molecular formula is C15H15N3O4. The number of hydrogen-bond acceptors (Lipinski definition) is 5. The SMILES string of the molecule is Cc1noc(C)c1C(=O)Nc1ccc2c(c1)NC(=O)[C@@H](C)O2. The Balaban J connectivity index is 1.84. The van der Waals surface area contributed by atoms with Crippen LogP contribution in [-0.4, -0.2) is 23.1 Å². The highest BCUT2D eigenvalue weighted by Gasteiger charge is 2.24. The Morgan fingerprint density at radius 3 is 2.82 bits per heavy atom. The van der Waals surface area contributed by atoms with E-state index in [-0.39, 0.29) is 11.8 Å². The van der Waals surface area contributed by atoms with Crippen LogP contribution in [0.4, 0.5) is 11.4 Å². The number of rotatable bonds is 2. The van der Waals surface area contributed by atoms with Crippen molar-refractivity contribution in [2.45, 2.75) is 26.9 Å². The van der Waals surface area contributed by atoms with Gasteiger partial charge in [0, 0.05) is 5.69 Å². The van der Waals surface area contributed by atoms with E-state index in [4.69, 9.17) is 9.26 Å². The summed E-state index contributed by atoms with van der Waals surface area (Å²) in [6, 6.07) is 5.06. The largest absolute Gasteiger partial charge is 0.479 e. The fourth-order valence-electron chi connectivity index (χ4n) is 2.29. The van der Waals surface area contributed by atoms with Gasteiger partial charge in [-0.15, -0.1) is 0 Å². The highest BCUT2D eigenvalue weighted by Crippen LogP contribution is 2.32. The first-order valence-electron chi connectivity index (χ1n) is 6.81. The summed E-state index contributed by atoms with van der Waals surface area (Å²) in [5.74, 6) is 0.496. The minimum absolute atomic E-state index is 0.221. The highest BCUT2D eigenvalue weighted by molar-refractivity contribution is 6.06.